The number of nitrogen functional groups attached to an aromatic ring is 1. The van der Waals surface area contributed by atoms with Crippen LogP contribution in [0.3, 0.4) is 0 Å². The summed E-state index contributed by atoms with van der Waals surface area (Å²) in [5.41, 5.74) is 8.87. The fraction of sp³-hybridized carbons (Fsp3) is 0.400. The molecule has 0 bridgehead atoms. The topological polar surface area (TPSA) is 52.0 Å². The zero-order chi connectivity index (χ0) is 13.7. The molecule has 0 aliphatic rings. The Hall–Kier alpha value is -1.29. The third-order valence-corrected chi connectivity index (χ3v) is 3.66. The first-order valence-corrected chi connectivity index (χ1v) is 7.51. The Labute approximate surface area is 122 Å². The van der Waals surface area contributed by atoms with Gasteiger partial charge in [-0.3, -0.25) is 0 Å². The highest BCUT2D eigenvalue weighted by atomic mass is 79.9. The van der Waals surface area contributed by atoms with E-state index in [2.05, 4.69) is 28.0 Å². The predicted molar refractivity (Wildman–Crippen MR) is 81.9 cm³/mol. The van der Waals surface area contributed by atoms with Crippen LogP contribution in [0.2, 0.25) is 0 Å². The average molecular weight is 323 g/mol. The van der Waals surface area contributed by atoms with Crippen LogP contribution >= 0.6 is 15.9 Å². The van der Waals surface area contributed by atoms with Gasteiger partial charge in [0.15, 0.2) is 0 Å². The Balaban J connectivity index is 2.18. The largest absolute Gasteiger partial charge is 0.367 e. The van der Waals surface area contributed by atoms with E-state index in [1.54, 1.807) is 0 Å². The number of halogens is 1. The Morgan fingerprint density at radius 1 is 1.26 bits per heavy atom. The van der Waals surface area contributed by atoms with Gasteiger partial charge in [-0.2, -0.15) is 0 Å². The van der Waals surface area contributed by atoms with Crippen molar-refractivity contribution in [2.45, 2.75) is 39.0 Å². The Morgan fingerprint density at radius 2 is 2.11 bits per heavy atom. The van der Waals surface area contributed by atoms with Crippen molar-refractivity contribution >= 4 is 21.8 Å². The smallest absolute Gasteiger partial charge is 0.230 e. The standard InChI is InChI=1S/C15H19BrN2O/c1-2-3-4-5-9-13-14(15(17)19-18-13)11-7-6-8-12(16)10-11/h6-8,10H,2-5,9,17H2,1H3. The van der Waals surface area contributed by atoms with Gasteiger partial charge in [0.2, 0.25) is 5.88 Å². The highest BCUT2D eigenvalue weighted by Crippen LogP contribution is 2.32. The van der Waals surface area contributed by atoms with E-state index in [1.165, 1.54) is 19.3 Å². The van der Waals surface area contributed by atoms with Crippen LogP contribution in [0, 0.1) is 0 Å². The van der Waals surface area contributed by atoms with Gasteiger partial charge in [-0.05, 0) is 30.5 Å². The number of nitrogens with two attached hydrogens (primary N) is 1. The lowest BCUT2D eigenvalue weighted by Gasteiger charge is -2.03. The van der Waals surface area contributed by atoms with Gasteiger partial charge in [0.1, 0.15) is 0 Å². The Kier molecular flexibility index (Phi) is 5.02. The lowest BCUT2D eigenvalue weighted by molar-refractivity contribution is 0.426. The minimum absolute atomic E-state index is 0.406. The molecule has 102 valence electrons. The third-order valence-electron chi connectivity index (χ3n) is 3.17. The molecule has 0 radical (unpaired) electrons. The fourth-order valence-corrected chi connectivity index (χ4v) is 2.58. The van der Waals surface area contributed by atoms with Gasteiger partial charge in [-0.15, -0.1) is 0 Å². The number of hydrogen-bond acceptors (Lipinski definition) is 3. The first kappa shape index (κ1) is 14.1. The number of aryl methyl sites for hydroxylation is 1. The second-order valence-electron chi connectivity index (χ2n) is 4.69. The summed E-state index contributed by atoms with van der Waals surface area (Å²) in [7, 11) is 0. The van der Waals surface area contributed by atoms with Gasteiger partial charge >= 0.3 is 0 Å². The summed E-state index contributed by atoms with van der Waals surface area (Å²) >= 11 is 3.48. The molecule has 0 saturated carbocycles. The van der Waals surface area contributed by atoms with Crippen molar-refractivity contribution in [2.75, 3.05) is 5.73 Å². The van der Waals surface area contributed by atoms with E-state index >= 15 is 0 Å². The molecule has 0 saturated heterocycles. The highest BCUT2D eigenvalue weighted by molar-refractivity contribution is 9.10. The molecule has 0 fully saturated rings. The van der Waals surface area contributed by atoms with Gasteiger partial charge in [-0.25, -0.2) is 0 Å². The molecule has 0 unspecified atom stereocenters. The minimum atomic E-state index is 0.406. The van der Waals surface area contributed by atoms with Crippen molar-refractivity contribution < 1.29 is 4.52 Å². The van der Waals surface area contributed by atoms with E-state index in [9.17, 15) is 0 Å². The van der Waals surface area contributed by atoms with Crippen LogP contribution in [0.1, 0.15) is 38.3 Å². The van der Waals surface area contributed by atoms with Crippen LogP contribution < -0.4 is 5.73 Å². The van der Waals surface area contributed by atoms with Crippen molar-refractivity contribution in [3.8, 4) is 11.1 Å². The quantitative estimate of drug-likeness (QED) is 0.776. The minimum Gasteiger partial charge on any atom is -0.367 e. The molecule has 1 aromatic heterocycles. The van der Waals surface area contributed by atoms with Crippen molar-refractivity contribution in [1.82, 2.24) is 5.16 Å². The number of aromatic nitrogens is 1. The van der Waals surface area contributed by atoms with Crippen molar-refractivity contribution in [1.29, 1.82) is 0 Å². The SMILES string of the molecule is CCCCCCc1noc(N)c1-c1cccc(Br)c1. The molecule has 19 heavy (non-hydrogen) atoms. The molecule has 0 atom stereocenters. The second kappa shape index (κ2) is 6.75. The fourth-order valence-electron chi connectivity index (χ4n) is 2.18. The molecule has 2 aromatic rings. The van der Waals surface area contributed by atoms with Gasteiger partial charge in [-0.1, -0.05) is 59.4 Å². The summed E-state index contributed by atoms with van der Waals surface area (Å²) in [4.78, 5) is 0. The highest BCUT2D eigenvalue weighted by Gasteiger charge is 2.15. The van der Waals surface area contributed by atoms with Crippen molar-refractivity contribution in [3.63, 3.8) is 0 Å². The molecular weight excluding hydrogens is 304 g/mol. The van der Waals surface area contributed by atoms with E-state index < -0.39 is 0 Å². The number of unbranched alkanes of at least 4 members (excludes halogenated alkanes) is 3. The Morgan fingerprint density at radius 3 is 2.84 bits per heavy atom. The van der Waals surface area contributed by atoms with Crippen LogP contribution in [0.5, 0.6) is 0 Å². The van der Waals surface area contributed by atoms with Gasteiger partial charge in [0, 0.05) is 4.47 Å². The van der Waals surface area contributed by atoms with E-state index in [0.717, 1.165) is 34.1 Å². The van der Waals surface area contributed by atoms with Crippen LogP contribution in [-0.4, -0.2) is 5.16 Å². The Bertz CT molecular complexity index is 537. The lowest BCUT2D eigenvalue weighted by atomic mass is 10.0. The maximum Gasteiger partial charge on any atom is 0.230 e. The number of nitrogens with zero attached hydrogens (tertiary/aromatic N) is 1. The molecule has 1 aromatic carbocycles. The molecule has 2 rings (SSSR count). The van der Waals surface area contributed by atoms with Gasteiger partial charge < -0.3 is 10.3 Å². The molecule has 0 spiro atoms. The van der Waals surface area contributed by atoms with Gasteiger partial charge in [0.25, 0.3) is 0 Å². The van der Waals surface area contributed by atoms with Gasteiger partial charge in [0.05, 0.1) is 11.3 Å². The number of rotatable bonds is 6. The molecule has 0 aliphatic carbocycles. The maximum absolute atomic E-state index is 5.91. The lowest BCUT2D eigenvalue weighted by Crippen LogP contribution is -1.92. The summed E-state index contributed by atoms with van der Waals surface area (Å²) in [6.45, 7) is 2.21. The molecule has 3 nitrogen and oxygen atoms in total. The van der Waals surface area contributed by atoms with E-state index in [-0.39, 0.29) is 0 Å². The first-order valence-electron chi connectivity index (χ1n) is 6.72. The first-order chi connectivity index (χ1) is 9.22. The summed E-state index contributed by atoms with van der Waals surface area (Å²) in [6, 6.07) is 8.06. The monoisotopic (exact) mass is 322 g/mol. The number of hydrogen-bond donors (Lipinski definition) is 1. The van der Waals surface area contributed by atoms with Crippen LogP contribution in [0.25, 0.3) is 11.1 Å². The van der Waals surface area contributed by atoms with Crippen LogP contribution in [-0.2, 0) is 6.42 Å². The maximum atomic E-state index is 5.91. The predicted octanol–water partition coefficient (Wildman–Crippen LogP) is 4.81. The molecule has 4 heteroatoms. The zero-order valence-electron chi connectivity index (χ0n) is 11.2. The molecule has 0 aliphatic heterocycles. The van der Waals surface area contributed by atoms with Crippen molar-refractivity contribution in [3.05, 3.63) is 34.4 Å². The van der Waals surface area contributed by atoms with Crippen LogP contribution in [0.15, 0.2) is 33.3 Å². The van der Waals surface area contributed by atoms with Crippen LogP contribution in [0.4, 0.5) is 5.88 Å². The molecular formula is C15H19BrN2O. The van der Waals surface area contributed by atoms with E-state index in [1.807, 2.05) is 24.3 Å². The van der Waals surface area contributed by atoms with E-state index in [0.29, 0.717) is 5.88 Å². The number of anilines is 1. The summed E-state index contributed by atoms with van der Waals surface area (Å²) in [6.07, 6.45) is 5.77. The summed E-state index contributed by atoms with van der Waals surface area (Å²) in [5.74, 6) is 0.406. The second-order valence-corrected chi connectivity index (χ2v) is 5.61. The van der Waals surface area contributed by atoms with Crippen molar-refractivity contribution in [2.24, 2.45) is 0 Å². The summed E-state index contributed by atoms with van der Waals surface area (Å²) < 4.78 is 6.19. The summed E-state index contributed by atoms with van der Waals surface area (Å²) in [5, 5.41) is 4.10. The normalized spacial score (nSPS) is 10.8. The molecule has 0 amide bonds. The molecule has 2 N–H and O–H groups in total. The average Bonchev–Trinajstić information content (AvgIpc) is 2.76. The third kappa shape index (κ3) is 3.60. The zero-order valence-corrected chi connectivity index (χ0v) is 12.7. The number of benzene rings is 1. The molecule has 1 heterocycles. The van der Waals surface area contributed by atoms with E-state index in [4.69, 9.17) is 10.3 Å².